The number of hydrogen-bond donors (Lipinski definition) is 0. The Morgan fingerprint density at radius 1 is 1.15 bits per heavy atom. The summed E-state index contributed by atoms with van der Waals surface area (Å²) in [4.78, 5) is 0. The fourth-order valence-electron chi connectivity index (χ4n) is 2.46. The van der Waals surface area contributed by atoms with E-state index in [0.29, 0.717) is 23.3 Å². The van der Waals surface area contributed by atoms with Crippen molar-refractivity contribution in [2.75, 3.05) is 13.2 Å². The van der Waals surface area contributed by atoms with Gasteiger partial charge in [0.2, 0.25) is 0 Å². The zero-order chi connectivity index (χ0) is 14.9. The third-order valence-corrected chi connectivity index (χ3v) is 5.25. The first-order valence-corrected chi connectivity index (χ1v) is 8.41. The van der Waals surface area contributed by atoms with E-state index in [9.17, 15) is 0 Å². The van der Waals surface area contributed by atoms with Gasteiger partial charge in [-0.2, -0.15) is 0 Å². The van der Waals surface area contributed by atoms with E-state index in [1.54, 1.807) is 6.07 Å². The summed E-state index contributed by atoms with van der Waals surface area (Å²) in [5.41, 5.74) is 0.990. The highest BCUT2D eigenvalue weighted by atomic mass is 79.9. The molecule has 0 saturated heterocycles. The Balaban J connectivity index is 2.24. The third kappa shape index (κ3) is 3.45. The van der Waals surface area contributed by atoms with Crippen molar-refractivity contribution in [2.45, 2.75) is 29.8 Å². The van der Waals surface area contributed by atoms with Crippen molar-refractivity contribution in [3.05, 3.63) is 33.8 Å². The summed E-state index contributed by atoms with van der Waals surface area (Å²) in [6, 6.07) is 5.47. The molecule has 0 N–H and O–H groups in total. The molecule has 1 aromatic rings. The number of halogens is 4. The smallest absolute Gasteiger partial charge is 0.163 e. The second-order valence-electron chi connectivity index (χ2n) is 4.66. The lowest BCUT2D eigenvalue weighted by Gasteiger charge is -2.17. The van der Waals surface area contributed by atoms with Crippen molar-refractivity contribution >= 4 is 50.7 Å². The van der Waals surface area contributed by atoms with Gasteiger partial charge in [-0.1, -0.05) is 39.1 Å². The van der Waals surface area contributed by atoms with E-state index >= 15 is 0 Å². The fraction of sp³-hybridized carbons (Fsp3) is 0.571. The maximum atomic E-state index is 6.55. The fourth-order valence-corrected chi connectivity index (χ4v) is 4.32. The first kappa shape index (κ1) is 16.9. The normalized spacial score (nSPS) is 28.9. The molecule has 6 heteroatoms. The lowest BCUT2D eigenvalue weighted by molar-refractivity contribution is -0.149. The van der Waals surface area contributed by atoms with Gasteiger partial charge in [-0.25, -0.2) is 0 Å². The van der Waals surface area contributed by atoms with Gasteiger partial charge in [0.25, 0.3) is 0 Å². The van der Waals surface area contributed by atoms with E-state index in [0.717, 1.165) is 5.56 Å². The molecular weight excluding hydrogens is 386 g/mol. The Kier molecular flexibility index (Phi) is 5.66. The molecule has 2 rings (SSSR count). The Morgan fingerprint density at radius 3 is 2.10 bits per heavy atom. The lowest BCUT2D eigenvalue weighted by Crippen LogP contribution is -2.22. The van der Waals surface area contributed by atoms with Crippen molar-refractivity contribution < 1.29 is 9.47 Å². The zero-order valence-corrected chi connectivity index (χ0v) is 15.1. The van der Waals surface area contributed by atoms with Crippen molar-refractivity contribution in [3.8, 4) is 0 Å². The number of hydrogen-bond acceptors (Lipinski definition) is 2. The van der Waals surface area contributed by atoms with Crippen molar-refractivity contribution in [1.29, 1.82) is 0 Å². The highest BCUT2D eigenvalue weighted by Crippen LogP contribution is 2.68. The summed E-state index contributed by atoms with van der Waals surface area (Å²) in [6.45, 7) is 5.02. The lowest BCUT2D eigenvalue weighted by atomic mass is 10.1. The summed E-state index contributed by atoms with van der Waals surface area (Å²) >= 11 is 22.2. The predicted molar refractivity (Wildman–Crippen MR) is 87.2 cm³/mol. The van der Waals surface area contributed by atoms with Crippen LogP contribution in [0.4, 0.5) is 0 Å². The van der Waals surface area contributed by atoms with Crippen LogP contribution in [0.1, 0.15) is 25.3 Å². The molecule has 0 radical (unpaired) electrons. The molecule has 1 unspecified atom stereocenters. The van der Waals surface area contributed by atoms with Crippen LogP contribution in [-0.4, -0.2) is 23.3 Å². The average Bonchev–Trinajstić information content (AvgIpc) is 2.90. The van der Waals surface area contributed by atoms with Gasteiger partial charge in [0.05, 0.1) is 0 Å². The van der Waals surface area contributed by atoms with E-state index in [1.165, 1.54) is 0 Å². The minimum atomic E-state index is -0.587. The van der Waals surface area contributed by atoms with Crippen LogP contribution >= 0.6 is 50.7 Å². The summed E-state index contributed by atoms with van der Waals surface area (Å²) < 4.78 is 10.7. The molecule has 0 heterocycles. The van der Waals surface area contributed by atoms with Crippen molar-refractivity contribution in [2.24, 2.45) is 5.92 Å². The third-order valence-electron chi connectivity index (χ3n) is 3.31. The minimum Gasteiger partial charge on any atom is -0.353 e. The first-order valence-electron chi connectivity index (χ1n) is 6.48. The topological polar surface area (TPSA) is 18.5 Å². The van der Waals surface area contributed by atoms with Crippen LogP contribution in [-0.2, 0) is 9.47 Å². The molecule has 0 spiro atoms. The molecule has 1 fully saturated rings. The number of rotatable bonds is 6. The molecule has 0 bridgehead atoms. The van der Waals surface area contributed by atoms with Crippen LogP contribution < -0.4 is 0 Å². The Bertz CT molecular complexity index is 455. The van der Waals surface area contributed by atoms with E-state index in [-0.39, 0.29) is 18.1 Å². The number of ether oxygens (including phenoxy) is 2. The highest BCUT2D eigenvalue weighted by Gasteiger charge is 2.67. The first-order chi connectivity index (χ1) is 9.41. The van der Waals surface area contributed by atoms with Crippen LogP contribution in [0.2, 0.25) is 10.0 Å². The SMILES string of the molecule is CCOC(OCC)C1[C@@H](c2cc(Cl)cc(Cl)c2)[C@@]1(Cl)Br. The monoisotopic (exact) mass is 400 g/mol. The summed E-state index contributed by atoms with van der Waals surface area (Å²) in [5, 5.41) is 1.20. The standard InChI is InChI=1S/C14H16BrCl3O2/c1-3-19-13(20-4-2)12-11(14(12,15)18)8-5-9(16)7-10(17)6-8/h5-7,11-13H,3-4H2,1-2H3/t11-,12?,14+/m1/s1. The number of alkyl halides is 2. The molecule has 2 nitrogen and oxygen atoms in total. The van der Waals surface area contributed by atoms with Crippen LogP contribution in [0.25, 0.3) is 0 Å². The van der Waals surface area contributed by atoms with Gasteiger partial charge in [0.1, 0.15) is 3.78 Å². The van der Waals surface area contributed by atoms with Crippen molar-refractivity contribution in [3.63, 3.8) is 0 Å². The van der Waals surface area contributed by atoms with Gasteiger partial charge in [-0.05, 0) is 37.6 Å². The molecule has 3 atom stereocenters. The van der Waals surface area contributed by atoms with E-state index in [2.05, 4.69) is 15.9 Å². The van der Waals surface area contributed by atoms with E-state index < -0.39 is 3.78 Å². The maximum Gasteiger partial charge on any atom is 0.163 e. The van der Waals surface area contributed by atoms with Gasteiger partial charge in [-0.15, -0.1) is 11.6 Å². The van der Waals surface area contributed by atoms with Gasteiger partial charge >= 0.3 is 0 Å². The minimum absolute atomic E-state index is 0.0126. The molecule has 1 aliphatic rings. The van der Waals surface area contributed by atoms with E-state index in [4.69, 9.17) is 44.3 Å². The van der Waals surface area contributed by atoms with Gasteiger partial charge in [0.15, 0.2) is 6.29 Å². The van der Waals surface area contributed by atoms with E-state index in [1.807, 2.05) is 26.0 Å². The van der Waals surface area contributed by atoms with Crippen LogP contribution in [0.15, 0.2) is 18.2 Å². The van der Waals surface area contributed by atoms with Gasteiger partial charge < -0.3 is 9.47 Å². The Labute approximate surface area is 142 Å². The van der Waals surface area contributed by atoms with Crippen LogP contribution in [0.5, 0.6) is 0 Å². The molecule has 1 aromatic carbocycles. The Morgan fingerprint density at radius 2 is 1.65 bits per heavy atom. The molecule has 20 heavy (non-hydrogen) atoms. The Hall–Kier alpha value is 0.490. The second kappa shape index (κ2) is 6.72. The maximum absolute atomic E-state index is 6.55. The average molecular weight is 403 g/mol. The quantitative estimate of drug-likeness (QED) is 0.466. The molecule has 0 aliphatic heterocycles. The van der Waals surface area contributed by atoms with Crippen molar-refractivity contribution in [1.82, 2.24) is 0 Å². The summed E-state index contributed by atoms with van der Waals surface area (Å²) in [5.74, 6) is 0.0575. The second-order valence-corrected chi connectivity index (χ2v) is 7.93. The van der Waals surface area contributed by atoms with Crippen LogP contribution in [0, 0.1) is 5.92 Å². The zero-order valence-electron chi connectivity index (χ0n) is 11.2. The molecular formula is C14H16BrCl3O2. The number of benzene rings is 1. The predicted octanol–water partition coefficient (Wildman–Crippen LogP) is 5.44. The van der Waals surface area contributed by atoms with Crippen LogP contribution in [0.3, 0.4) is 0 Å². The van der Waals surface area contributed by atoms with Gasteiger partial charge in [-0.3, -0.25) is 0 Å². The largest absolute Gasteiger partial charge is 0.353 e. The van der Waals surface area contributed by atoms with Gasteiger partial charge in [0, 0.05) is 35.1 Å². The highest BCUT2D eigenvalue weighted by molar-refractivity contribution is 9.10. The molecule has 1 saturated carbocycles. The molecule has 0 amide bonds. The molecule has 1 aliphatic carbocycles. The molecule has 0 aromatic heterocycles. The summed E-state index contributed by atoms with van der Waals surface area (Å²) in [7, 11) is 0. The summed E-state index contributed by atoms with van der Waals surface area (Å²) in [6.07, 6.45) is -0.343. The molecule has 112 valence electrons.